The van der Waals surface area contributed by atoms with E-state index in [0.717, 1.165) is 22.4 Å². The fourth-order valence-electron chi connectivity index (χ4n) is 2.69. The van der Waals surface area contributed by atoms with Gasteiger partial charge in [0.05, 0.1) is 11.0 Å². The summed E-state index contributed by atoms with van der Waals surface area (Å²) in [7, 11) is 0. The van der Waals surface area contributed by atoms with Gasteiger partial charge in [-0.1, -0.05) is 24.3 Å². The second kappa shape index (κ2) is 6.01. The quantitative estimate of drug-likeness (QED) is 0.573. The topological polar surface area (TPSA) is 59.6 Å². The van der Waals surface area contributed by atoms with Crippen molar-refractivity contribution in [2.24, 2.45) is 0 Å². The highest BCUT2D eigenvalue weighted by molar-refractivity contribution is 7.71. The van der Waals surface area contributed by atoms with Crippen LogP contribution in [0.15, 0.2) is 52.9 Å². The third-order valence-corrected chi connectivity index (χ3v) is 3.96. The van der Waals surface area contributed by atoms with Gasteiger partial charge in [-0.3, -0.25) is 0 Å². The first kappa shape index (κ1) is 14.8. The minimum Gasteiger partial charge on any atom is -0.412 e. The number of aromatic nitrogens is 4. The van der Waals surface area contributed by atoms with E-state index in [4.69, 9.17) is 21.6 Å². The first-order valence-corrected chi connectivity index (χ1v) is 7.83. The van der Waals surface area contributed by atoms with Gasteiger partial charge in [0.15, 0.2) is 0 Å². The first-order chi connectivity index (χ1) is 11.7. The molecule has 0 bridgehead atoms. The highest BCUT2D eigenvalue weighted by Gasteiger charge is 2.13. The van der Waals surface area contributed by atoms with Crippen LogP contribution in [0.4, 0.5) is 4.39 Å². The number of rotatable bonds is 4. The molecule has 2 aromatic carbocycles. The zero-order valence-electron chi connectivity index (χ0n) is 12.6. The standard InChI is InChI=1S/C17H13FN4OS/c18-12-7-5-11(6-8-12)9-15-19-13-3-1-2-4-14(13)22(15)10-16-20-21-17(24)23-16/h1-8H,9-10H2,(H,21,24). The van der Waals surface area contributed by atoms with Gasteiger partial charge < -0.3 is 8.98 Å². The molecule has 0 amide bonds. The average molecular weight is 340 g/mol. The van der Waals surface area contributed by atoms with Crippen LogP contribution in [0.1, 0.15) is 17.3 Å². The van der Waals surface area contributed by atoms with Crippen molar-refractivity contribution in [2.45, 2.75) is 13.0 Å². The number of aromatic amines is 1. The normalized spacial score (nSPS) is 11.2. The summed E-state index contributed by atoms with van der Waals surface area (Å²) in [6.07, 6.45) is 0.583. The fourth-order valence-corrected chi connectivity index (χ4v) is 2.83. The molecule has 0 saturated heterocycles. The lowest BCUT2D eigenvalue weighted by Gasteiger charge is -2.07. The number of fused-ring (bicyclic) bond motifs is 1. The average Bonchev–Trinajstić information content (AvgIpc) is 3.14. The summed E-state index contributed by atoms with van der Waals surface area (Å²) in [6, 6.07) is 14.3. The lowest BCUT2D eigenvalue weighted by atomic mass is 10.1. The largest absolute Gasteiger partial charge is 0.412 e. The third kappa shape index (κ3) is 2.85. The van der Waals surface area contributed by atoms with Crippen LogP contribution in [0, 0.1) is 10.7 Å². The molecule has 4 aromatic rings. The SMILES string of the molecule is Fc1ccc(Cc2nc3ccccc3n2Cc2n[nH]c(=S)o2)cc1. The second-order valence-corrected chi connectivity index (χ2v) is 5.78. The van der Waals surface area contributed by atoms with Crippen molar-refractivity contribution < 1.29 is 8.81 Å². The Morgan fingerprint density at radius 3 is 2.67 bits per heavy atom. The summed E-state index contributed by atoms with van der Waals surface area (Å²) < 4.78 is 20.5. The Hall–Kier alpha value is -2.80. The maximum Gasteiger partial charge on any atom is 0.284 e. The van der Waals surface area contributed by atoms with E-state index in [1.165, 1.54) is 12.1 Å². The van der Waals surface area contributed by atoms with Crippen molar-refractivity contribution in [1.29, 1.82) is 0 Å². The number of nitrogens with one attached hydrogen (secondary N) is 1. The summed E-state index contributed by atoms with van der Waals surface area (Å²) in [5.41, 5.74) is 2.86. The number of benzene rings is 2. The monoisotopic (exact) mass is 340 g/mol. The Morgan fingerprint density at radius 2 is 1.92 bits per heavy atom. The summed E-state index contributed by atoms with van der Waals surface area (Å²) in [6.45, 7) is 0.421. The van der Waals surface area contributed by atoms with Gasteiger partial charge in [0.25, 0.3) is 4.84 Å². The van der Waals surface area contributed by atoms with E-state index in [1.54, 1.807) is 12.1 Å². The number of halogens is 1. The van der Waals surface area contributed by atoms with Crippen molar-refractivity contribution in [1.82, 2.24) is 19.7 Å². The molecule has 0 radical (unpaired) electrons. The van der Waals surface area contributed by atoms with Gasteiger partial charge in [-0.2, -0.15) is 0 Å². The zero-order valence-corrected chi connectivity index (χ0v) is 13.4. The van der Waals surface area contributed by atoms with Crippen LogP contribution in [0.5, 0.6) is 0 Å². The predicted molar refractivity (Wildman–Crippen MR) is 89.7 cm³/mol. The lowest BCUT2D eigenvalue weighted by molar-refractivity contribution is 0.465. The number of para-hydroxylation sites is 2. The van der Waals surface area contributed by atoms with Crippen molar-refractivity contribution in [2.75, 3.05) is 0 Å². The molecular weight excluding hydrogens is 327 g/mol. The van der Waals surface area contributed by atoms with E-state index in [2.05, 4.69) is 10.2 Å². The Labute approximate surface area is 141 Å². The van der Waals surface area contributed by atoms with Crippen LogP contribution in [0.3, 0.4) is 0 Å². The van der Waals surface area contributed by atoms with Crippen molar-refractivity contribution in [3.05, 3.63) is 76.5 Å². The number of nitrogens with zero attached hydrogens (tertiary/aromatic N) is 3. The van der Waals surface area contributed by atoms with Crippen LogP contribution in [0.25, 0.3) is 11.0 Å². The number of imidazole rings is 1. The molecule has 0 fully saturated rings. The molecule has 1 N–H and O–H groups in total. The van der Waals surface area contributed by atoms with Crippen molar-refractivity contribution in [3.63, 3.8) is 0 Å². The minimum absolute atomic E-state index is 0.245. The van der Waals surface area contributed by atoms with E-state index in [9.17, 15) is 4.39 Å². The van der Waals surface area contributed by atoms with E-state index in [0.29, 0.717) is 18.9 Å². The Bertz CT molecular complexity index is 1050. The number of H-pyrrole nitrogens is 1. The third-order valence-electron chi connectivity index (χ3n) is 3.78. The second-order valence-electron chi connectivity index (χ2n) is 5.41. The van der Waals surface area contributed by atoms with Gasteiger partial charge in [0.2, 0.25) is 5.89 Å². The number of hydrogen-bond acceptors (Lipinski definition) is 4. The molecule has 5 nitrogen and oxygen atoms in total. The van der Waals surface area contributed by atoms with Gasteiger partial charge >= 0.3 is 0 Å². The smallest absolute Gasteiger partial charge is 0.284 e. The lowest BCUT2D eigenvalue weighted by Crippen LogP contribution is -2.06. The van der Waals surface area contributed by atoms with Crippen LogP contribution < -0.4 is 0 Å². The maximum absolute atomic E-state index is 13.1. The Morgan fingerprint density at radius 1 is 1.12 bits per heavy atom. The predicted octanol–water partition coefficient (Wildman–Crippen LogP) is 3.86. The molecule has 4 rings (SSSR count). The fraction of sp³-hybridized carbons (Fsp3) is 0.118. The van der Waals surface area contributed by atoms with Crippen molar-refractivity contribution >= 4 is 23.3 Å². The van der Waals surface area contributed by atoms with Crippen LogP contribution in [0.2, 0.25) is 0 Å². The molecule has 2 aromatic heterocycles. The van der Waals surface area contributed by atoms with Crippen LogP contribution in [-0.4, -0.2) is 19.7 Å². The Kier molecular flexibility index (Phi) is 3.70. The summed E-state index contributed by atoms with van der Waals surface area (Å²) in [5, 5.41) is 6.69. The Balaban J connectivity index is 1.77. The molecule has 120 valence electrons. The van der Waals surface area contributed by atoms with Gasteiger partial charge in [-0.25, -0.2) is 14.5 Å². The molecule has 0 unspecified atom stereocenters. The first-order valence-electron chi connectivity index (χ1n) is 7.42. The van der Waals surface area contributed by atoms with Crippen LogP contribution in [-0.2, 0) is 13.0 Å². The molecule has 0 atom stereocenters. The highest BCUT2D eigenvalue weighted by atomic mass is 32.1. The zero-order chi connectivity index (χ0) is 16.5. The molecule has 24 heavy (non-hydrogen) atoms. The van der Waals surface area contributed by atoms with Gasteiger partial charge in [-0.05, 0) is 42.0 Å². The van der Waals surface area contributed by atoms with E-state index < -0.39 is 0 Å². The maximum atomic E-state index is 13.1. The van der Waals surface area contributed by atoms with E-state index in [1.807, 2.05) is 28.8 Å². The van der Waals surface area contributed by atoms with Crippen LogP contribution >= 0.6 is 12.2 Å². The minimum atomic E-state index is -0.249. The molecule has 2 heterocycles. The summed E-state index contributed by atoms with van der Waals surface area (Å²) in [4.78, 5) is 4.94. The highest BCUT2D eigenvalue weighted by Crippen LogP contribution is 2.20. The van der Waals surface area contributed by atoms with Gasteiger partial charge in [-0.15, -0.1) is 5.10 Å². The van der Waals surface area contributed by atoms with Crippen molar-refractivity contribution in [3.8, 4) is 0 Å². The number of hydrogen-bond donors (Lipinski definition) is 1. The molecule has 0 spiro atoms. The molecule has 0 aliphatic heterocycles. The van der Waals surface area contributed by atoms with E-state index >= 15 is 0 Å². The summed E-state index contributed by atoms with van der Waals surface area (Å²) >= 11 is 4.93. The van der Waals surface area contributed by atoms with Gasteiger partial charge in [0, 0.05) is 6.42 Å². The summed E-state index contributed by atoms with van der Waals surface area (Å²) in [5.74, 6) is 1.09. The molecule has 0 saturated carbocycles. The van der Waals surface area contributed by atoms with E-state index in [-0.39, 0.29) is 10.7 Å². The molecular formula is C17H13FN4OS. The molecule has 0 aliphatic carbocycles. The van der Waals surface area contributed by atoms with Gasteiger partial charge in [0.1, 0.15) is 18.2 Å². The molecule has 0 aliphatic rings. The molecule has 7 heteroatoms.